The van der Waals surface area contributed by atoms with Gasteiger partial charge in [-0.3, -0.25) is 5.32 Å². The van der Waals surface area contributed by atoms with Crippen molar-refractivity contribution >= 4 is 23.4 Å². The van der Waals surface area contributed by atoms with Gasteiger partial charge in [-0.1, -0.05) is 24.1 Å². The van der Waals surface area contributed by atoms with Gasteiger partial charge in [0.1, 0.15) is 5.82 Å². The van der Waals surface area contributed by atoms with Gasteiger partial charge in [-0.2, -0.15) is 0 Å². The molecule has 4 nitrogen and oxygen atoms in total. The summed E-state index contributed by atoms with van der Waals surface area (Å²) in [7, 11) is 0. The quantitative estimate of drug-likeness (QED) is 0.851. The average molecular weight is 240 g/mol. The number of carbonyl (C=O) groups excluding carboxylic acids is 1. The predicted octanol–water partition coefficient (Wildman–Crippen LogP) is 3.17. The first-order chi connectivity index (χ1) is 7.61. The molecule has 1 rings (SSSR count). The van der Waals surface area contributed by atoms with Crippen LogP contribution in [-0.4, -0.2) is 11.0 Å². The molecule has 0 aromatic carbocycles. The van der Waals surface area contributed by atoms with E-state index in [0.717, 1.165) is 12.0 Å². The molecule has 0 atom stereocenters. The number of hydrogen-bond donors (Lipinski definition) is 2. The molecule has 0 radical (unpaired) electrons. The lowest BCUT2D eigenvalue weighted by atomic mass is 10.3. The van der Waals surface area contributed by atoms with E-state index in [4.69, 9.17) is 11.6 Å². The fourth-order valence-electron chi connectivity index (χ4n) is 0.916. The maximum atomic E-state index is 11.4. The summed E-state index contributed by atoms with van der Waals surface area (Å²) in [4.78, 5) is 15.3. The number of rotatable bonds is 3. The first-order valence-corrected chi connectivity index (χ1v) is 5.34. The summed E-state index contributed by atoms with van der Waals surface area (Å²) in [5.74, 6) is 0.424. The lowest BCUT2D eigenvalue weighted by Crippen LogP contribution is -2.24. The standard InChI is InChI=1S/C11H14ClN3O/c1-3-8(2)7-14-11(16)15-10-6-9(12)4-5-13-10/h4-7H,3H2,1-2H3,(H2,13,14,15,16)/b8-7+. The molecular weight excluding hydrogens is 226 g/mol. The topological polar surface area (TPSA) is 54.0 Å². The second kappa shape index (κ2) is 6.12. The van der Waals surface area contributed by atoms with Crippen molar-refractivity contribution in [1.29, 1.82) is 0 Å². The molecule has 16 heavy (non-hydrogen) atoms. The first-order valence-electron chi connectivity index (χ1n) is 4.96. The molecule has 1 aromatic heterocycles. The number of nitrogens with one attached hydrogen (secondary N) is 2. The molecular formula is C11H14ClN3O. The van der Waals surface area contributed by atoms with Crippen LogP contribution in [0.5, 0.6) is 0 Å². The summed E-state index contributed by atoms with van der Waals surface area (Å²) in [6, 6.07) is 2.89. The Morgan fingerprint density at radius 1 is 1.62 bits per heavy atom. The summed E-state index contributed by atoms with van der Waals surface area (Å²) >= 11 is 5.75. The smallest absolute Gasteiger partial charge is 0.314 e. The number of halogens is 1. The molecule has 86 valence electrons. The lowest BCUT2D eigenvalue weighted by Gasteiger charge is -2.04. The van der Waals surface area contributed by atoms with Crippen LogP contribution in [0.1, 0.15) is 20.3 Å². The summed E-state index contributed by atoms with van der Waals surface area (Å²) in [6.45, 7) is 3.96. The SMILES string of the molecule is CC/C(C)=C/NC(=O)Nc1cc(Cl)ccn1. The molecule has 0 unspecified atom stereocenters. The number of anilines is 1. The van der Waals surface area contributed by atoms with E-state index in [1.165, 1.54) is 6.20 Å². The van der Waals surface area contributed by atoms with Crippen molar-refractivity contribution in [3.63, 3.8) is 0 Å². The molecule has 0 bridgehead atoms. The first kappa shape index (κ1) is 12.5. The van der Waals surface area contributed by atoms with Crippen molar-refractivity contribution in [2.75, 3.05) is 5.32 Å². The highest BCUT2D eigenvalue weighted by atomic mass is 35.5. The molecule has 0 spiro atoms. The molecule has 2 amide bonds. The van der Waals surface area contributed by atoms with E-state index in [9.17, 15) is 4.79 Å². The fourth-order valence-corrected chi connectivity index (χ4v) is 1.08. The number of allylic oxidation sites excluding steroid dienone is 1. The molecule has 5 heteroatoms. The minimum absolute atomic E-state index is 0.331. The molecule has 0 saturated carbocycles. The van der Waals surface area contributed by atoms with E-state index < -0.39 is 0 Å². The van der Waals surface area contributed by atoms with Crippen LogP contribution in [0, 0.1) is 0 Å². The van der Waals surface area contributed by atoms with Gasteiger partial charge in [0.05, 0.1) is 0 Å². The van der Waals surface area contributed by atoms with Gasteiger partial charge < -0.3 is 5.32 Å². The van der Waals surface area contributed by atoms with Crippen LogP contribution in [0.15, 0.2) is 30.1 Å². The molecule has 0 aliphatic heterocycles. The Morgan fingerprint density at radius 3 is 3.00 bits per heavy atom. The van der Waals surface area contributed by atoms with E-state index in [-0.39, 0.29) is 6.03 Å². The Labute approximate surface area is 99.7 Å². The molecule has 2 N–H and O–H groups in total. The minimum Gasteiger partial charge on any atom is -0.314 e. The third kappa shape index (κ3) is 4.31. The van der Waals surface area contributed by atoms with Gasteiger partial charge >= 0.3 is 6.03 Å². The van der Waals surface area contributed by atoms with Crippen molar-refractivity contribution in [3.8, 4) is 0 Å². The number of pyridine rings is 1. The molecule has 1 heterocycles. The Morgan fingerprint density at radius 2 is 2.38 bits per heavy atom. The van der Waals surface area contributed by atoms with Crippen molar-refractivity contribution in [2.45, 2.75) is 20.3 Å². The van der Waals surface area contributed by atoms with Crippen LogP contribution in [0.4, 0.5) is 10.6 Å². The van der Waals surface area contributed by atoms with E-state index in [2.05, 4.69) is 15.6 Å². The number of nitrogens with zero attached hydrogens (tertiary/aromatic N) is 1. The molecule has 0 aliphatic rings. The van der Waals surface area contributed by atoms with Crippen LogP contribution >= 0.6 is 11.6 Å². The number of hydrogen-bond acceptors (Lipinski definition) is 2. The Kier molecular flexibility index (Phi) is 4.79. The van der Waals surface area contributed by atoms with Gasteiger partial charge in [-0.05, 0) is 25.5 Å². The normalized spacial score (nSPS) is 11.1. The van der Waals surface area contributed by atoms with Crippen molar-refractivity contribution in [2.24, 2.45) is 0 Å². The zero-order chi connectivity index (χ0) is 12.0. The maximum Gasteiger partial charge on any atom is 0.324 e. The summed E-state index contributed by atoms with van der Waals surface area (Å²) < 4.78 is 0. The number of urea groups is 1. The van der Waals surface area contributed by atoms with Crippen LogP contribution < -0.4 is 10.6 Å². The van der Waals surface area contributed by atoms with Gasteiger partial charge in [-0.25, -0.2) is 9.78 Å². The van der Waals surface area contributed by atoms with E-state index >= 15 is 0 Å². The Bertz CT molecular complexity index is 404. The fraction of sp³-hybridized carbons (Fsp3) is 0.273. The van der Waals surface area contributed by atoms with Crippen LogP contribution in [-0.2, 0) is 0 Å². The number of amides is 2. The largest absolute Gasteiger partial charge is 0.324 e. The van der Waals surface area contributed by atoms with Gasteiger partial charge in [0.15, 0.2) is 0 Å². The average Bonchev–Trinajstić information content (AvgIpc) is 2.26. The van der Waals surface area contributed by atoms with Gasteiger partial charge in [0.25, 0.3) is 0 Å². The zero-order valence-corrected chi connectivity index (χ0v) is 10.0. The van der Waals surface area contributed by atoms with E-state index in [0.29, 0.717) is 10.8 Å². The predicted molar refractivity (Wildman–Crippen MR) is 65.4 cm³/mol. The van der Waals surface area contributed by atoms with Crippen LogP contribution in [0.25, 0.3) is 0 Å². The van der Waals surface area contributed by atoms with Crippen LogP contribution in [0.3, 0.4) is 0 Å². The van der Waals surface area contributed by atoms with Crippen LogP contribution in [0.2, 0.25) is 5.02 Å². The highest BCUT2D eigenvalue weighted by Crippen LogP contribution is 2.11. The van der Waals surface area contributed by atoms with E-state index in [1.54, 1.807) is 18.3 Å². The van der Waals surface area contributed by atoms with E-state index in [1.807, 2.05) is 13.8 Å². The minimum atomic E-state index is -0.331. The molecule has 1 aromatic rings. The molecule has 0 aliphatic carbocycles. The third-order valence-electron chi connectivity index (χ3n) is 1.97. The number of carbonyl (C=O) groups is 1. The van der Waals surface area contributed by atoms with Gasteiger partial charge in [-0.15, -0.1) is 0 Å². The monoisotopic (exact) mass is 239 g/mol. The maximum absolute atomic E-state index is 11.4. The molecule has 0 saturated heterocycles. The molecule has 0 fully saturated rings. The Balaban J connectivity index is 2.52. The van der Waals surface area contributed by atoms with Crippen molar-refractivity contribution in [1.82, 2.24) is 10.3 Å². The summed E-state index contributed by atoms with van der Waals surface area (Å²) in [6.07, 6.45) is 4.10. The number of aromatic nitrogens is 1. The Hall–Kier alpha value is -1.55. The highest BCUT2D eigenvalue weighted by Gasteiger charge is 2.00. The summed E-state index contributed by atoms with van der Waals surface area (Å²) in [5, 5.41) is 5.71. The second-order valence-corrected chi connectivity index (χ2v) is 3.74. The van der Waals surface area contributed by atoms with Gasteiger partial charge in [0, 0.05) is 17.4 Å². The second-order valence-electron chi connectivity index (χ2n) is 3.30. The van der Waals surface area contributed by atoms with Crippen molar-refractivity contribution in [3.05, 3.63) is 35.1 Å². The van der Waals surface area contributed by atoms with Gasteiger partial charge in [0.2, 0.25) is 0 Å². The van der Waals surface area contributed by atoms with Crippen molar-refractivity contribution < 1.29 is 4.79 Å². The highest BCUT2D eigenvalue weighted by molar-refractivity contribution is 6.30. The summed E-state index contributed by atoms with van der Waals surface area (Å²) in [5.41, 5.74) is 1.09. The lowest BCUT2D eigenvalue weighted by molar-refractivity contribution is 0.255. The third-order valence-corrected chi connectivity index (χ3v) is 2.21. The zero-order valence-electron chi connectivity index (χ0n) is 9.25.